The van der Waals surface area contributed by atoms with E-state index in [4.69, 9.17) is 25.2 Å². The average Bonchev–Trinajstić information content (AvgIpc) is 3.08. The normalized spacial score (nSPS) is 11.5. The first-order valence-corrected chi connectivity index (χ1v) is 18.9. The molecule has 0 saturated heterocycles. The highest BCUT2D eigenvalue weighted by molar-refractivity contribution is 7.49. The van der Waals surface area contributed by atoms with Crippen LogP contribution in [0.15, 0.2) is 54.6 Å². The van der Waals surface area contributed by atoms with Gasteiger partial charge in [0.1, 0.15) is 17.4 Å². The van der Waals surface area contributed by atoms with Gasteiger partial charge in [-0.05, 0) is 30.5 Å². The number of hydrogen-bond acceptors (Lipinski definition) is 7. The highest BCUT2D eigenvalue weighted by Gasteiger charge is 2.31. The second-order valence-electron chi connectivity index (χ2n) is 11.6. The Morgan fingerprint density at radius 1 is 0.787 bits per heavy atom. The second kappa shape index (κ2) is 21.0. The number of halogens is 1. The van der Waals surface area contributed by atoms with Gasteiger partial charge in [-0.2, -0.15) is 0 Å². The predicted molar refractivity (Wildman–Crippen MR) is 189 cm³/mol. The van der Waals surface area contributed by atoms with Crippen LogP contribution in [0.2, 0.25) is 0 Å². The zero-order chi connectivity index (χ0) is 33.9. The lowest BCUT2D eigenvalue weighted by molar-refractivity contribution is -0.113. The quantitative estimate of drug-likeness (QED) is 0.0515. The minimum atomic E-state index is -4.08. The van der Waals surface area contributed by atoms with E-state index in [9.17, 15) is 19.3 Å². The Labute approximate surface area is 284 Å². The number of phosphoric acid groups is 1. The first kappa shape index (κ1) is 38.3. The van der Waals surface area contributed by atoms with E-state index in [1.54, 1.807) is 48.5 Å². The Kier molecular flexibility index (Phi) is 17.1. The summed E-state index contributed by atoms with van der Waals surface area (Å²) < 4.78 is 31.8. The van der Waals surface area contributed by atoms with Crippen molar-refractivity contribution in [3.63, 3.8) is 0 Å². The number of benzene rings is 3. The molecule has 0 spiro atoms. The van der Waals surface area contributed by atoms with Crippen molar-refractivity contribution in [1.82, 2.24) is 5.32 Å². The first-order chi connectivity index (χ1) is 22.8. The minimum Gasteiger partial charge on any atom is -0.506 e. The molecule has 47 heavy (non-hydrogen) atoms. The van der Waals surface area contributed by atoms with Crippen LogP contribution in [0.1, 0.15) is 107 Å². The Bertz CT molecular complexity index is 1450. The van der Waals surface area contributed by atoms with Crippen LogP contribution < -0.4 is 15.2 Å². The lowest BCUT2D eigenvalue weighted by atomic mass is 10.0. The Balaban J connectivity index is 1.81. The number of nitrogens with one attached hydrogen (secondary N) is 2. The van der Waals surface area contributed by atoms with E-state index in [0.29, 0.717) is 34.9 Å². The molecule has 3 aromatic rings. The molecule has 2 amide bonds. The maximum Gasteiger partial charge on any atom is 0.530 e. The molecule has 0 atom stereocenters. The zero-order valence-corrected chi connectivity index (χ0v) is 29.4. The second-order valence-corrected chi connectivity index (χ2v) is 13.4. The largest absolute Gasteiger partial charge is 0.530 e. The molecule has 0 aliphatic heterocycles. The summed E-state index contributed by atoms with van der Waals surface area (Å²) in [4.78, 5) is 25.3. The number of para-hydroxylation sites is 1. The van der Waals surface area contributed by atoms with E-state index < -0.39 is 13.7 Å². The Morgan fingerprint density at radius 2 is 1.34 bits per heavy atom. The van der Waals surface area contributed by atoms with Crippen LogP contribution in [0.4, 0.5) is 5.69 Å². The van der Waals surface area contributed by atoms with Crippen LogP contribution in [0.25, 0.3) is 10.8 Å². The number of anilines is 1. The molecular weight excluding hydrogens is 639 g/mol. The number of hydrogen-bond donors (Lipinski definition) is 3. The van der Waals surface area contributed by atoms with Crippen LogP contribution >= 0.6 is 19.4 Å². The van der Waals surface area contributed by atoms with Gasteiger partial charge in [0.2, 0.25) is 5.91 Å². The molecule has 0 saturated carbocycles. The molecule has 0 bridgehead atoms. The van der Waals surface area contributed by atoms with E-state index in [-0.39, 0.29) is 48.6 Å². The van der Waals surface area contributed by atoms with Crippen molar-refractivity contribution in [2.24, 2.45) is 0 Å². The van der Waals surface area contributed by atoms with Crippen LogP contribution in [-0.2, 0) is 25.0 Å². The number of unbranched alkanes of at least 4 members (excludes halogenated alkanes) is 10. The maximum absolute atomic E-state index is 14.1. The molecule has 9 nitrogen and oxygen atoms in total. The number of phosphoric ester groups is 1. The summed E-state index contributed by atoms with van der Waals surface area (Å²) in [5.41, 5.74) is 1.09. The molecule has 0 fully saturated rings. The van der Waals surface area contributed by atoms with Crippen LogP contribution in [-0.4, -0.2) is 36.0 Å². The summed E-state index contributed by atoms with van der Waals surface area (Å²) in [6.45, 7) is 4.82. The number of aromatic hydroxyl groups is 1. The third-order valence-corrected chi connectivity index (χ3v) is 9.44. The average molecular weight is 689 g/mol. The molecule has 3 N–H and O–H groups in total. The van der Waals surface area contributed by atoms with E-state index in [2.05, 4.69) is 24.5 Å². The molecule has 0 aliphatic carbocycles. The first-order valence-electron chi connectivity index (χ1n) is 16.9. The van der Waals surface area contributed by atoms with E-state index in [0.717, 1.165) is 51.4 Å². The van der Waals surface area contributed by atoms with Gasteiger partial charge in [0, 0.05) is 23.0 Å². The summed E-state index contributed by atoms with van der Waals surface area (Å²) in [6.07, 6.45) is 12.5. The van der Waals surface area contributed by atoms with Crippen molar-refractivity contribution >= 4 is 47.7 Å². The van der Waals surface area contributed by atoms with E-state index >= 15 is 0 Å². The predicted octanol–water partition coefficient (Wildman–Crippen LogP) is 9.89. The lowest BCUT2D eigenvalue weighted by Gasteiger charge is -2.21. The van der Waals surface area contributed by atoms with Crippen LogP contribution in [0.5, 0.6) is 11.5 Å². The van der Waals surface area contributed by atoms with E-state index in [1.807, 2.05) is 0 Å². The maximum atomic E-state index is 14.1. The van der Waals surface area contributed by atoms with Crippen LogP contribution in [0.3, 0.4) is 0 Å². The molecule has 3 aromatic carbocycles. The fourth-order valence-corrected chi connectivity index (χ4v) is 6.50. The molecular formula is C36H50ClN2O7P. The molecule has 0 unspecified atom stereocenters. The summed E-state index contributed by atoms with van der Waals surface area (Å²) in [6, 6.07) is 15.2. The van der Waals surface area contributed by atoms with Gasteiger partial charge in [-0.15, -0.1) is 11.6 Å². The van der Waals surface area contributed by atoms with Gasteiger partial charge in [-0.3, -0.25) is 18.6 Å². The van der Waals surface area contributed by atoms with Gasteiger partial charge in [0.05, 0.1) is 18.8 Å². The Morgan fingerprint density at radius 3 is 1.96 bits per heavy atom. The number of alkyl halides is 1. The topological polar surface area (TPSA) is 123 Å². The van der Waals surface area contributed by atoms with Crippen molar-refractivity contribution in [2.75, 3.05) is 24.4 Å². The fraction of sp³-hybridized carbons (Fsp3) is 0.500. The van der Waals surface area contributed by atoms with Gasteiger partial charge in [-0.25, -0.2) is 4.57 Å². The standard InChI is InChI=1S/C36H50ClN2O7P/c1-3-5-7-9-11-17-23-44-47(43,45-24-18-12-10-8-6-4-2)46-33-25-31(35(41)30-21-15-14-20-29(30)33)36(42)38-27-28-19-13-16-22-32(28)39-34(40)26-37/h13-16,19-22,25,41H,3-12,17-18,23-24,26-27H2,1-2H3,(H,38,42)(H,39,40). The number of carbonyl (C=O) groups is 2. The number of carbonyl (C=O) groups excluding carboxylic acids is 2. The minimum absolute atomic E-state index is 0.0568. The van der Waals surface area contributed by atoms with Crippen molar-refractivity contribution < 1.29 is 32.8 Å². The molecule has 0 heterocycles. The summed E-state index contributed by atoms with van der Waals surface area (Å²) in [7, 11) is -4.08. The van der Waals surface area contributed by atoms with Crippen molar-refractivity contribution in [2.45, 2.75) is 97.4 Å². The molecule has 0 aliphatic rings. The molecule has 0 radical (unpaired) electrons. The van der Waals surface area contributed by atoms with Crippen LogP contribution in [0, 0.1) is 0 Å². The molecule has 0 aromatic heterocycles. The monoisotopic (exact) mass is 688 g/mol. The van der Waals surface area contributed by atoms with Gasteiger partial charge >= 0.3 is 7.82 Å². The number of rotatable bonds is 23. The summed E-state index contributed by atoms with van der Waals surface area (Å²) in [5.74, 6) is -1.31. The van der Waals surface area contributed by atoms with Gasteiger partial charge < -0.3 is 20.3 Å². The zero-order valence-electron chi connectivity index (χ0n) is 27.7. The highest BCUT2D eigenvalue weighted by Crippen LogP contribution is 2.52. The number of phenolic OH excluding ortho intramolecular Hbond substituents is 1. The molecule has 3 rings (SSSR count). The van der Waals surface area contributed by atoms with Gasteiger partial charge in [-0.1, -0.05) is 121 Å². The third kappa shape index (κ3) is 12.8. The van der Waals surface area contributed by atoms with Gasteiger partial charge in [0.25, 0.3) is 5.91 Å². The SMILES string of the molecule is CCCCCCCCOP(=O)(OCCCCCCCC)Oc1cc(C(=O)NCc2ccccc2NC(=O)CCl)c(O)c2ccccc12. The smallest absolute Gasteiger partial charge is 0.506 e. The Hall–Kier alpha value is -3.10. The third-order valence-electron chi connectivity index (χ3n) is 7.78. The van der Waals surface area contributed by atoms with E-state index in [1.165, 1.54) is 18.9 Å². The van der Waals surface area contributed by atoms with Crippen molar-refractivity contribution in [1.29, 1.82) is 0 Å². The number of phenols is 1. The highest BCUT2D eigenvalue weighted by atomic mass is 35.5. The molecule has 11 heteroatoms. The lowest BCUT2D eigenvalue weighted by Crippen LogP contribution is -2.24. The molecule has 258 valence electrons. The number of fused-ring (bicyclic) bond motifs is 1. The number of amides is 2. The van der Waals surface area contributed by atoms with Gasteiger partial charge in [0.15, 0.2) is 0 Å². The van der Waals surface area contributed by atoms with Crippen molar-refractivity contribution in [3.8, 4) is 11.5 Å². The van der Waals surface area contributed by atoms with Crippen molar-refractivity contribution in [3.05, 3.63) is 65.7 Å². The summed E-state index contributed by atoms with van der Waals surface area (Å²) in [5, 5.41) is 17.5. The summed E-state index contributed by atoms with van der Waals surface area (Å²) >= 11 is 5.65. The fourth-order valence-electron chi connectivity index (χ4n) is 5.15.